The van der Waals surface area contributed by atoms with Crippen LogP contribution in [0.3, 0.4) is 0 Å². The summed E-state index contributed by atoms with van der Waals surface area (Å²) in [5.41, 5.74) is 1.17. The number of non-ortho nitro benzene ring substituents is 2. The van der Waals surface area contributed by atoms with Gasteiger partial charge in [-0.2, -0.15) is 14.0 Å². The van der Waals surface area contributed by atoms with E-state index in [9.17, 15) is 25.5 Å². The summed E-state index contributed by atoms with van der Waals surface area (Å²) in [5.74, 6) is -0.766. The van der Waals surface area contributed by atoms with Crippen LogP contribution in [-0.2, 0) is 0 Å². The minimum absolute atomic E-state index is 0.0837. The van der Waals surface area contributed by atoms with Crippen molar-refractivity contribution in [3.8, 4) is 6.07 Å². The van der Waals surface area contributed by atoms with E-state index in [1.165, 1.54) is 36.4 Å². The minimum Gasteiger partial charge on any atom is -0.258 e. The van der Waals surface area contributed by atoms with E-state index in [1.807, 2.05) is 0 Å². The van der Waals surface area contributed by atoms with Gasteiger partial charge in [-0.15, -0.1) is 0 Å². The normalized spacial score (nSPS) is 11.8. The third-order valence-electron chi connectivity index (χ3n) is 3.50. The molecule has 1 heterocycles. The van der Waals surface area contributed by atoms with Crippen molar-refractivity contribution in [3.05, 3.63) is 67.8 Å². The lowest BCUT2D eigenvalue weighted by atomic mass is 9.91. The van der Waals surface area contributed by atoms with Gasteiger partial charge in [-0.05, 0) is 11.6 Å². The topological polar surface area (TPSA) is 136 Å². The molecule has 0 spiro atoms. The van der Waals surface area contributed by atoms with Gasteiger partial charge in [0.25, 0.3) is 11.4 Å². The molecule has 0 aliphatic heterocycles. The summed E-state index contributed by atoms with van der Waals surface area (Å²) in [4.78, 5) is 20.7. The van der Waals surface area contributed by atoms with Crippen LogP contribution in [0.5, 0.6) is 0 Å². The van der Waals surface area contributed by atoms with Crippen molar-refractivity contribution < 1.29 is 9.85 Å². The second-order valence-corrected chi connectivity index (χ2v) is 5.33. The molecule has 0 aliphatic carbocycles. The van der Waals surface area contributed by atoms with E-state index < -0.39 is 15.8 Å². The van der Waals surface area contributed by atoms with Gasteiger partial charge in [0, 0.05) is 23.8 Å². The average molecular weight is 341 g/mol. The highest BCUT2D eigenvalue weighted by molar-refractivity contribution is 7.00. The van der Waals surface area contributed by atoms with Gasteiger partial charge >= 0.3 is 0 Å². The maximum absolute atomic E-state index is 11.0. The predicted octanol–water partition coefficient (Wildman–Crippen LogP) is 3.16. The lowest BCUT2D eigenvalue weighted by molar-refractivity contribution is -0.384. The molecule has 24 heavy (non-hydrogen) atoms. The molecule has 1 aromatic heterocycles. The van der Waals surface area contributed by atoms with Gasteiger partial charge in [0.1, 0.15) is 5.52 Å². The Labute approximate surface area is 138 Å². The van der Waals surface area contributed by atoms with Crippen LogP contribution in [0, 0.1) is 31.6 Å². The van der Waals surface area contributed by atoms with Gasteiger partial charge < -0.3 is 0 Å². The summed E-state index contributed by atoms with van der Waals surface area (Å²) in [6.07, 6.45) is 0. The number of rotatable bonds is 4. The Bertz CT molecular complexity index is 993. The smallest absolute Gasteiger partial charge is 0.258 e. The first-order valence-electron chi connectivity index (χ1n) is 6.56. The largest absolute Gasteiger partial charge is 0.298 e. The molecule has 0 N–H and O–H groups in total. The Balaban J connectivity index is 2.12. The highest BCUT2D eigenvalue weighted by atomic mass is 32.1. The predicted molar refractivity (Wildman–Crippen MR) is 84.6 cm³/mol. The molecule has 0 amide bonds. The van der Waals surface area contributed by atoms with E-state index in [-0.39, 0.29) is 16.9 Å². The number of fused-ring (bicyclic) bond motifs is 1. The van der Waals surface area contributed by atoms with Crippen LogP contribution in [0.4, 0.5) is 11.4 Å². The van der Waals surface area contributed by atoms with Crippen molar-refractivity contribution in [2.45, 2.75) is 5.92 Å². The van der Waals surface area contributed by atoms with Crippen LogP contribution < -0.4 is 0 Å². The molecule has 3 aromatic rings. The Morgan fingerprint density at radius 2 is 1.67 bits per heavy atom. The van der Waals surface area contributed by atoms with Crippen molar-refractivity contribution in [1.82, 2.24) is 8.75 Å². The number of hydrogen-bond acceptors (Lipinski definition) is 8. The van der Waals surface area contributed by atoms with Crippen LogP contribution in [0.1, 0.15) is 17.0 Å². The van der Waals surface area contributed by atoms with Gasteiger partial charge in [0.15, 0.2) is 5.52 Å². The summed E-state index contributed by atoms with van der Waals surface area (Å²) < 4.78 is 8.01. The van der Waals surface area contributed by atoms with Gasteiger partial charge in [-0.1, -0.05) is 12.1 Å². The van der Waals surface area contributed by atoms with Gasteiger partial charge in [0.05, 0.1) is 33.6 Å². The van der Waals surface area contributed by atoms with Crippen molar-refractivity contribution in [2.75, 3.05) is 0 Å². The van der Waals surface area contributed by atoms with Crippen LogP contribution in [0.2, 0.25) is 0 Å². The lowest BCUT2D eigenvalue weighted by Gasteiger charge is -2.10. The Morgan fingerprint density at radius 3 is 2.25 bits per heavy atom. The molecule has 1 unspecified atom stereocenters. The quantitative estimate of drug-likeness (QED) is 0.525. The summed E-state index contributed by atoms with van der Waals surface area (Å²) in [7, 11) is 0. The number of nitriles is 1. The Hall–Kier alpha value is -3.45. The molecule has 0 bridgehead atoms. The summed E-state index contributed by atoms with van der Waals surface area (Å²) in [6, 6.07) is 10.5. The highest BCUT2D eigenvalue weighted by Crippen LogP contribution is 2.34. The van der Waals surface area contributed by atoms with E-state index >= 15 is 0 Å². The van der Waals surface area contributed by atoms with Crippen molar-refractivity contribution in [1.29, 1.82) is 5.26 Å². The number of nitro benzene ring substituents is 2. The minimum atomic E-state index is -0.766. The average Bonchev–Trinajstić information content (AvgIpc) is 3.05. The maximum atomic E-state index is 11.0. The first kappa shape index (κ1) is 15.4. The van der Waals surface area contributed by atoms with E-state index in [4.69, 9.17) is 0 Å². The standard InChI is InChI=1S/C14H7N5O4S/c15-7-11(8-1-3-9(4-2-8)18(20)21)10-5-6-12(19(22)23)14-13(10)16-24-17-14/h1-6,11H. The first-order chi connectivity index (χ1) is 11.5. The molecular formula is C14H7N5O4S. The maximum Gasteiger partial charge on any atom is 0.298 e. The van der Waals surface area contributed by atoms with E-state index in [1.54, 1.807) is 0 Å². The van der Waals surface area contributed by atoms with Crippen molar-refractivity contribution in [2.24, 2.45) is 0 Å². The van der Waals surface area contributed by atoms with E-state index in [0.717, 1.165) is 11.7 Å². The van der Waals surface area contributed by atoms with Gasteiger partial charge in [-0.3, -0.25) is 20.2 Å². The monoisotopic (exact) mass is 341 g/mol. The summed E-state index contributed by atoms with van der Waals surface area (Å²) in [5, 5.41) is 31.3. The molecule has 1 atom stereocenters. The van der Waals surface area contributed by atoms with Crippen LogP contribution in [0.25, 0.3) is 11.0 Å². The van der Waals surface area contributed by atoms with Crippen molar-refractivity contribution in [3.63, 3.8) is 0 Å². The van der Waals surface area contributed by atoms with Gasteiger partial charge in [-0.25, -0.2) is 0 Å². The molecule has 0 radical (unpaired) electrons. The number of benzene rings is 2. The van der Waals surface area contributed by atoms with Crippen LogP contribution in [-0.4, -0.2) is 18.6 Å². The molecule has 118 valence electrons. The molecule has 9 nitrogen and oxygen atoms in total. The molecule has 3 rings (SSSR count). The lowest BCUT2D eigenvalue weighted by Crippen LogP contribution is -2.01. The zero-order chi connectivity index (χ0) is 17.3. The van der Waals surface area contributed by atoms with Crippen LogP contribution >= 0.6 is 11.7 Å². The van der Waals surface area contributed by atoms with Gasteiger partial charge in [0.2, 0.25) is 0 Å². The number of nitro groups is 2. The number of nitrogens with zero attached hydrogens (tertiary/aromatic N) is 5. The van der Waals surface area contributed by atoms with Crippen LogP contribution in [0.15, 0.2) is 36.4 Å². The van der Waals surface area contributed by atoms with Crippen molar-refractivity contribution >= 4 is 34.1 Å². The molecule has 0 aliphatic rings. The summed E-state index contributed by atoms with van der Waals surface area (Å²) >= 11 is 0.825. The number of hydrogen-bond donors (Lipinski definition) is 0. The summed E-state index contributed by atoms with van der Waals surface area (Å²) in [6.45, 7) is 0. The third-order valence-corrected chi connectivity index (χ3v) is 4.03. The van der Waals surface area contributed by atoms with E-state index in [2.05, 4.69) is 14.8 Å². The zero-order valence-electron chi connectivity index (χ0n) is 11.8. The third kappa shape index (κ3) is 2.53. The SMILES string of the molecule is N#CC(c1ccc([N+](=O)[O-])cc1)c1ccc([N+](=O)[O-])c2nsnc12. The van der Waals surface area contributed by atoms with E-state index in [0.29, 0.717) is 16.6 Å². The molecule has 0 saturated heterocycles. The Kier molecular flexibility index (Phi) is 3.85. The fourth-order valence-corrected chi connectivity index (χ4v) is 2.94. The molecule has 10 heteroatoms. The zero-order valence-corrected chi connectivity index (χ0v) is 12.6. The number of aromatic nitrogens is 2. The molecular weight excluding hydrogens is 334 g/mol. The first-order valence-corrected chi connectivity index (χ1v) is 7.29. The second-order valence-electron chi connectivity index (χ2n) is 4.80. The second kappa shape index (κ2) is 5.98. The Morgan fingerprint density at radius 1 is 1.00 bits per heavy atom. The highest BCUT2D eigenvalue weighted by Gasteiger charge is 2.24. The fourth-order valence-electron chi connectivity index (χ4n) is 2.37. The molecule has 2 aromatic carbocycles. The molecule has 0 fully saturated rings. The molecule has 0 saturated carbocycles. The fraction of sp³-hybridized carbons (Fsp3) is 0.0714.